The fourth-order valence-electron chi connectivity index (χ4n) is 3.14. The molecule has 0 bridgehead atoms. The summed E-state index contributed by atoms with van der Waals surface area (Å²) in [7, 11) is -3.48. The van der Waals surface area contributed by atoms with Gasteiger partial charge in [0.2, 0.25) is 10.0 Å². The predicted molar refractivity (Wildman–Crippen MR) is 94.0 cm³/mol. The highest BCUT2D eigenvalue weighted by molar-refractivity contribution is 7.89. The third-order valence-electron chi connectivity index (χ3n) is 4.63. The molecule has 0 spiro atoms. The highest BCUT2D eigenvalue weighted by atomic mass is 32.2. The molecule has 0 saturated carbocycles. The first kappa shape index (κ1) is 17.1. The number of nitrogens with one attached hydrogen (secondary N) is 1. The average Bonchev–Trinajstić information content (AvgIpc) is 2.63. The van der Waals surface area contributed by atoms with E-state index in [4.69, 9.17) is 0 Å². The fraction of sp³-hybridized carbons (Fsp3) is 0.389. The van der Waals surface area contributed by atoms with E-state index in [0.29, 0.717) is 6.04 Å². The Hall–Kier alpha value is -1.76. The lowest BCUT2D eigenvalue weighted by molar-refractivity contribution is 0.159. The lowest BCUT2D eigenvalue weighted by atomic mass is 10.0. The van der Waals surface area contributed by atoms with Gasteiger partial charge in [0, 0.05) is 37.6 Å². The first-order valence-corrected chi connectivity index (χ1v) is 9.76. The van der Waals surface area contributed by atoms with Gasteiger partial charge in [0.05, 0.1) is 0 Å². The highest BCUT2D eigenvalue weighted by Crippen LogP contribution is 2.24. The van der Waals surface area contributed by atoms with Crippen LogP contribution in [-0.2, 0) is 10.0 Å². The monoisotopic (exact) mass is 345 g/mol. The zero-order chi connectivity index (χ0) is 17.0. The van der Waals surface area contributed by atoms with E-state index >= 15 is 0 Å². The van der Waals surface area contributed by atoms with Crippen LogP contribution in [0.15, 0.2) is 59.8 Å². The summed E-state index contributed by atoms with van der Waals surface area (Å²) in [5, 5.41) is 0. The number of nitrogens with zero attached hydrogens (tertiary/aromatic N) is 2. The summed E-state index contributed by atoms with van der Waals surface area (Å²) in [5.74, 6) is 0. The van der Waals surface area contributed by atoms with Crippen molar-refractivity contribution in [3.8, 4) is 0 Å². The molecule has 0 radical (unpaired) electrons. The Bertz CT molecular complexity index is 742. The van der Waals surface area contributed by atoms with Crippen molar-refractivity contribution in [3.05, 3.63) is 60.4 Å². The molecule has 1 saturated heterocycles. The van der Waals surface area contributed by atoms with E-state index in [1.165, 1.54) is 11.8 Å². The van der Waals surface area contributed by atoms with Crippen molar-refractivity contribution in [1.29, 1.82) is 0 Å². The number of benzene rings is 1. The number of sulfonamides is 1. The van der Waals surface area contributed by atoms with Crippen molar-refractivity contribution in [2.45, 2.75) is 36.7 Å². The molecule has 1 atom stereocenters. The SMILES string of the molecule is C[C@H](c1ccccc1)N1CCC(NS(=O)(=O)c2cccnc2)CC1. The minimum Gasteiger partial charge on any atom is -0.296 e. The maximum Gasteiger partial charge on any atom is 0.242 e. The minimum atomic E-state index is -3.48. The number of hydrogen-bond acceptors (Lipinski definition) is 4. The molecule has 0 unspecified atom stereocenters. The molecule has 6 heteroatoms. The molecule has 0 amide bonds. The van der Waals surface area contributed by atoms with E-state index in [1.54, 1.807) is 18.3 Å². The summed E-state index contributed by atoms with van der Waals surface area (Å²) in [5.41, 5.74) is 1.30. The van der Waals surface area contributed by atoms with Crippen LogP contribution in [-0.4, -0.2) is 37.4 Å². The van der Waals surface area contributed by atoms with E-state index in [-0.39, 0.29) is 10.9 Å². The van der Waals surface area contributed by atoms with Gasteiger partial charge >= 0.3 is 0 Å². The van der Waals surface area contributed by atoms with Crippen LogP contribution in [0.1, 0.15) is 31.4 Å². The van der Waals surface area contributed by atoms with Gasteiger partial charge in [0.25, 0.3) is 0 Å². The highest BCUT2D eigenvalue weighted by Gasteiger charge is 2.27. The van der Waals surface area contributed by atoms with Crippen molar-refractivity contribution in [3.63, 3.8) is 0 Å². The topological polar surface area (TPSA) is 62.3 Å². The number of pyridine rings is 1. The quantitative estimate of drug-likeness (QED) is 0.905. The molecule has 5 nitrogen and oxygen atoms in total. The lowest BCUT2D eigenvalue weighted by Crippen LogP contribution is -2.45. The summed E-state index contributed by atoms with van der Waals surface area (Å²) in [6.07, 6.45) is 4.59. The molecule has 0 aliphatic carbocycles. The van der Waals surface area contributed by atoms with Crippen molar-refractivity contribution in [1.82, 2.24) is 14.6 Å². The Morgan fingerprint density at radius 2 is 1.83 bits per heavy atom. The van der Waals surface area contributed by atoms with Gasteiger partial charge in [0.1, 0.15) is 4.90 Å². The molecular formula is C18H23N3O2S. The first-order valence-electron chi connectivity index (χ1n) is 8.27. The van der Waals surface area contributed by atoms with Crippen LogP contribution in [0, 0.1) is 0 Å². The Morgan fingerprint density at radius 1 is 1.12 bits per heavy atom. The molecule has 3 rings (SSSR count). The van der Waals surface area contributed by atoms with Gasteiger partial charge in [-0.2, -0.15) is 0 Å². The second kappa shape index (κ2) is 7.42. The van der Waals surface area contributed by atoms with Crippen LogP contribution in [0.4, 0.5) is 0 Å². The van der Waals surface area contributed by atoms with Crippen molar-refractivity contribution >= 4 is 10.0 Å². The molecule has 128 valence electrons. The molecule has 1 aromatic carbocycles. The normalized spacial score (nSPS) is 18.4. The van der Waals surface area contributed by atoms with Crippen LogP contribution >= 0.6 is 0 Å². The van der Waals surface area contributed by atoms with E-state index in [1.807, 2.05) is 6.07 Å². The average molecular weight is 345 g/mol. The van der Waals surface area contributed by atoms with Crippen LogP contribution < -0.4 is 4.72 Å². The van der Waals surface area contributed by atoms with Gasteiger partial charge in [-0.3, -0.25) is 9.88 Å². The second-order valence-corrected chi connectivity index (χ2v) is 7.92. The summed E-state index contributed by atoms with van der Waals surface area (Å²) >= 11 is 0. The van der Waals surface area contributed by atoms with Gasteiger partial charge in [-0.15, -0.1) is 0 Å². The summed E-state index contributed by atoms with van der Waals surface area (Å²) < 4.78 is 27.6. The van der Waals surface area contributed by atoms with Crippen molar-refractivity contribution in [2.24, 2.45) is 0 Å². The number of hydrogen-bond donors (Lipinski definition) is 1. The molecular weight excluding hydrogens is 322 g/mol. The summed E-state index contributed by atoms with van der Waals surface area (Å²) in [4.78, 5) is 6.52. The van der Waals surface area contributed by atoms with Crippen LogP contribution in [0.25, 0.3) is 0 Å². The smallest absolute Gasteiger partial charge is 0.242 e. The molecule has 1 N–H and O–H groups in total. The Labute approximate surface area is 143 Å². The van der Waals surface area contributed by atoms with Gasteiger partial charge in [-0.1, -0.05) is 30.3 Å². The van der Waals surface area contributed by atoms with E-state index in [2.05, 4.69) is 45.8 Å². The molecule has 1 fully saturated rings. The third kappa shape index (κ3) is 4.01. The largest absolute Gasteiger partial charge is 0.296 e. The van der Waals surface area contributed by atoms with Gasteiger partial charge in [-0.25, -0.2) is 13.1 Å². The number of likely N-dealkylation sites (tertiary alicyclic amines) is 1. The zero-order valence-electron chi connectivity index (χ0n) is 13.8. The zero-order valence-corrected chi connectivity index (χ0v) is 14.6. The van der Waals surface area contributed by atoms with Crippen molar-refractivity contribution < 1.29 is 8.42 Å². The molecule has 24 heavy (non-hydrogen) atoms. The maximum atomic E-state index is 12.4. The van der Waals surface area contributed by atoms with Crippen LogP contribution in [0.2, 0.25) is 0 Å². The number of aromatic nitrogens is 1. The van der Waals surface area contributed by atoms with E-state index in [9.17, 15) is 8.42 Å². The van der Waals surface area contributed by atoms with E-state index < -0.39 is 10.0 Å². The standard InChI is InChI=1S/C18H23N3O2S/c1-15(16-6-3-2-4-7-16)21-12-9-17(10-13-21)20-24(22,23)18-8-5-11-19-14-18/h2-8,11,14-15,17,20H,9-10,12-13H2,1H3/t15-/m1/s1. The minimum absolute atomic E-state index is 0.0190. The maximum absolute atomic E-state index is 12.4. The Kier molecular flexibility index (Phi) is 5.28. The van der Waals surface area contributed by atoms with Crippen molar-refractivity contribution in [2.75, 3.05) is 13.1 Å². The van der Waals surface area contributed by atoms with E-state index in [0.717, 1.165) is 25.9 Å². The Morgan fingerprint density at radius 3 is 2.46 bits per heavy atom. The Balaban J connectivity index is 1.58. The summed E-state index contributed by atoms with van der Waals surface area (Å²) in [6.45, 7) is 3.97. The fourth-order valence-corrected chi connectivity index (χ4v) is 4.41. The van der Waals surface area contributed by atoms with Crippen LogP contribution in [0.3, 0.4) is 0 Å². The van der Waals surface area contributed by atoms with Gasteiger partial charge in [0.15, 0.2) is 0 Å². The molecule has 1 aliphatic heterocycles. The number of piperidine rings is 1. The third-order valence-corrected chi connectivity index (χ3v) is 6.13. The molecule has 2 aromatic rings. The molecule has 2 heterocycles. The molecule has 1 aliphatic rings. The first-order chi connectivity index (χ1) is 11.6. The summed E-state index contributed by atoms with van der Waals surface area (Å²) in [6, 6.07) is 14.0. The second-order valence-electron chi connectivity index (χ2n) is 6.21. The van der Waals surface area contributed by atoms with Gasteiger partial charge in [-0.05, 0) is 37.5 Å². The predicted octanol–water partition coefficient (Wildman–Crippen LogP) is 2.59. The van der Waals surface area contributed by atoms with Gasteiger partial charge < -0.3 is 0 Å². The molecule has 1 aromatic heterocycles. The lowest BCUT2D eigenvalue weighted by Gasteiger charge is -2.36. The number of rotatable bonds is 5. The van der Waals surface area contributed by atoms with Crippen LogP contribution in [0.5, 0.6) is 0 Å².